The van der Waals surface area contributed by atoms with E-state index in [1.807, 2.05) is 0 Å². The second kappa shape index (κ2) is 3.18. The Balaban J connectivity index is 2.65. The molecule has 0 unspecified atom stereocenters. The van der Waals surface area contributed by atoms with E-state index in [1.165, 1.54) is 18.2 Å². The summed E-state index contributed by atoms with van der Waals surface area (Å²) in [7, 11) is -4.23. The molecule has 1 aromatic carbocycles. The molecule has 15 heavy (non-hydrogen) atoms. The second-order valence-corrected chi connectivity index (χ2v) is 5.60. The number of halogens is 1. The highest BCUT2D eigenvalue weighted by molar-refractivity contribution is 7.85. The van der Waals surface area contributed by atoms with Crippen LogP contribution in [0.5, 0.6) is 0 Å². The van der Waals surface area contributed by atoms with Crippen molar-refractivity contribution in [2.45, 2.75) is 23.3 Å². The highest BCUT2D eigenvalue weighted by Gasteiger charge is 2.43. The molecule has 0 radical (unpaired) electrons. The Morgan fingerprint density at radius 2 is 2.00 bits per heavy atom. The molecule has 0 amide bonds. The van der Waals surface area contributed by atoms with Gasteiger partial charge in [0, 0.05) is 10.6 Å². The van der Waals surface area contributed by atoms with Gasteiger partial charge in [0.25, 0.3) is 10.1 Å². The minimum atomic E-state index is -4.23. The van der Waals surface area contributed by atoms with Crippen molar-refractivity contribution in [3.63, 3.8) is 0 Å². The molecule has 1 aromatic rings. The molecule has 0 heterocycles. The van der Waals surface area contributed by atoms with Gasteiger partial charge in [-0.3, -0.25) is 4.55 Å². The zero-order valence-corrected chi connectivity index (χ0v) is 9.35. The Morgan fingerprint density at radius 1 is 1.40 bits per heavy atom. The lowest BCUT2D eigenvalue weighted by Gasteiger charge is -2.13. The largest absolute Gasteiger partial charge is 0.321 e. The van der Waals surface area contributed by atoms with Crippen molar-refractivity contribution in [1.82, 2.24) is 0 Å². The van der Waals surface area contributed by atoms with Gasteiger partial charge < -0.3 is 5.73 Å². The molecule has 2 rings (SSSR count). The molecule has 0 aromatic heterocycles. The first-order chi connectivity index (χ1) is 6.83. The van der Waals surface area contributed by atoms with E-state index >= 15 is 0 Å². The maximum Gasteiger partial charge on any atom is 0.294 e. The lowest BCUT2D eigenvalue weighted by molar-refractivity contribution is 0.480. The monoisotopic (exact) mass is 247 g/mol. The van der Waals surface area contributed by atoms with Crippen LogP contribution in [-0.2, 0) is 15.7 Å². The van der Waals surface area contributed by atoms with E-state index in [2.05, 4.69) is 0 Å². The SMILES string of the molecule is NC1(c2cc(Cl)ccc2S(=O)(=O)O)CC1. The van der Waals surface area contributed by atoms with Crippen LogP contribution in [0, 0.1) is 0 Å². The fourth-order valence-electron chi connectivity index (χ4n) is 1.52. The van der Waals surface area contributed by atoms with Crippen molar-refractivity contribution in [2.75, 3.05) is 0 Å². The molecule has 82 valence electrons. The summed E-state index contributed by atoms with van der Waals surface area (Å²) in [6.07, 6.45) is 1.41. The number of nitrogens with two attached hydrogens (primary N) is 1. The highest BCUT2D eigenvalue weighted by atomic mass is 35.5. The van der Waals surface area contributed by atoms with Gasteiger partial charge in [-0.1, -0.05) is 11.6 Å². The predicted octanol–water partition coefficient (Wildman–Crippen LogP) is 1.53. The van der Waals surface area contributed by atoms with Crippen LogP contribution in [0.15, 0.2) is 23.1 Å². The van der Waals surface area contributed by atoms with Crippen molar-refractivity contribution in [1.29, 1.82) is 0 Å². The molecule has 1 aliphatic carbocycles. The van der Waals surface area contributed by atoms with Gasteiger partial charge in [-0.05, 0) is 36.6 Å². The van der Waals surface area contributed by atoms with Gasteiger partial charge in [-0.15, -0.1) is 0 Å². The summed E-state index contributed by atoms with van der Waals surface area (Å²) in [5.41, 5.74) is 5.66. The minimum absolute atomic E-state index is 0.146. The zero-order chi connectivity index (χ0) is 11.3. The van der Waals surface area contributed by atoms with Gasteiger partial charge >= 0.3 is 0 Å². The standard InChI is InChI=1S/C9H10ClNO3S/c10-6-1-2-8(15(12,13)14)7(5-6)9(11)3-4-9/h1-2,5H,3-4,11H2,(H,12,13,14). The Kier molecular flexibility index (Phi) is 2.31. The molecular formula is C9H10ClNO3S. The Labute approximate surface area is 92.8 Å². The smallest absolute Gasteiger partial charge is 0.294 e. The van der Waals surface area contributed by atoms with Crippen LogP contribution in [0.4, 0.5) is 0 Å². The summed E-state index contributed by atoms with van der Waals surface area (Å²) < 4.78 is 31.2. The molecule has 0 spiro atoms. The third kappa shape index (κ3) is 2.01. The van der Waals surface area contributed by atoms with Crippen LogP contribution in [0.3, 0.4) is 0 Å². The van der Waals surface area contributed by atoms with Gasteiger partial charge in [0.1, 0.15) is 0 Å². The predicted molar refractivity (Wildman–Crippen MR) is 56.4 cm³/mol. The average molecular weight is 248 g/mol. The number of hydrogen-bond acceptors (Lipinski definition) is 3. The minimum Gasteiger partial charge on any atom is -0.321 e. The quantitative estimate of drug-likeness (QED) is 0.777. The molecule has 0 bridgehead atoms. The summed E-state index contributed by atoms with van der Waals surface area (Å²) in [5, 5.41) is 0.411. The number of hydrogen-bond donors (Lipinski definition) is 2. The summed E-state index contributed by atoms with van der Waals surface area (Å²) in [5.74, 6) is 0. The third-order valence-corrected chi connectivity index (χ3v) is 3.69. The van der Waals surface area contributed by atoms with Crippen LogP contribution in [0.2, 0.25) is 5.02 Å². The van der Waals surface area contributed by atoms with E-state index in [1.54, 1.807) is 0 Å². The molecule has 3 N–H and O–H groups in total. The van der Waals surface area contributed by atoms with Crippen molar-refractivity contribution in [2.24, 2.45) is 5.73 Å². The van der Waals surface area contributed by atoms with E-state index in [9.17, 15) is 8.42 Å². The van der Waals surface area contributed by atoms with Crippen LogP contribution in [0.1, 0.15) is 18.4 Å². The summed E-state index contributed by atoms with van der Waals surface area (Å²) in [6.45, 7) is 0. The van der Waals surface area contributed by atoms with E-state index < -0.39 is 15.7 Å². The Morgan fingerprint density at radius 3 is 2.47 bits per heavy atom. The maximum atomic E-state index is 11.1. The molecule has 1 fully saturated rings. The Hall–Kier alpha value is -0.620. The van der Waals surface area contributed by atoms with E-state index in [4.69, 9.17) is 21.9 Å². The maximum absolute atomic E-state index is 11.1. The Bertz CT molecular complexity index is 508. The first-order valence-corrected chi connectivity index (χ1v) is 6.21. The lowest BCUT2D eigenvalue weighted by atomic mass is 10.1. The van der Waals surface area contributed by atoms with Crippen molar-refractivity contribution < 1.29 is 13.0 Å². The van der Waals surface area contributed by atoms with Gasteiger partial charge in [0.05, 0.1) is 4.90 Å². The summed E-state index contributed by atoms with van der Waals surface area (Å²) >= 11 is 5.77. The zero-order valence-electron chi connectivity index (χ0n) is 7.77. The third-order valence-electron chi connectivity index (χ3n) is 2.54. The molecule has 0 aliphatic heterocycles. The van der Waals surface area contributed by atoms with Gasteiger partial charge in [0.15, 0.2) is 0 Å². The van der Waals surface area contributed by atoms with E-state index in [0.717, 1.165) is 0 Å². The van der Waals surface area contributed by atoms with Crippen LogP contribution in [0.25, 0.3) is 0 Å². The van der Waals surface area contributed by atoms with Crippen molar-refractivity contribution in [3.8, 4) is 0 Å². The van der Waals surface area contributed by atoms with Gasteiger partial charge in [-0.2, -0.15) is 8.42 Å². The van der Waals surface area contributed by atoms with Crippen LogP contribution in [-0.4, -0.2) is 13.0 Å². The van der Waals surface area contributed by atoms with Gasteiger partial charge in [-0.25, -0.2) is 0 Å². The number of rotatable bonds is 2. The fraction of sp³-hybridized carbons (Fsp3) is 0.333. The van der Waals surface area contributed by atoms with E-state index in [-0.39, 0.29) is 4.90 Å². The second-order valence-electron chi connectivity index (χ2n) is 3.77. The number of benzene rings is 1. The van der Waals surface area contributed by atoms with E-state index in [0.29, 0.717) is 23.4 Å². The fourth-order valence-corrected chi connectivity index (χ4v) is 2.47. The highest BCUT2D eigenvalue weighted by Crippen LogP contribution is 2.45. The molecule has 1 aliphatic rings. The molecule has 4 nitrogen and oxygen atoms in total. The first kappa shape index (κ1) is 10.9. The molecule has 6 heteroatoms. The van der Waals surface area contributed by atoms with Crippen molar-refractivity contribution in [3.05, 3.63) is 28.8 Å². The summed E-state index contributed by atoms with van der Waals surface area (Å²) in [6, 6.07) is 4.19. The molecular weight excluding hydrogens is 238 g/mol. The van der Waals surface area contributed by atoms with Crippen molar-refractivity contribution >= 4 is 21.7 Å². The lowest BCUT2D eigenvalue weighted by Crippen LogP contribution is -2.22. The van der Waals surface area contributed by atoms with Gasteiger partial charge in [0.2, 0.25) is 0 Å². The average Bonchev–Trinajstić information content (AvgIpc) is 2.83. The normalized spacial score (nSPS) is 18.9. The van der Waals surface area contributed by atoms with Crippen LogP contribution >= 0.6 is 11.6 Å². The summed E-state index contributed by atoms with van der Waals surface area (Å²) in [4.78, 5) is -0.146. The first-order valence-electron chi connectivity index (χ1n) is 4.39. The van der Waals surface area contributed by atoms with Crippen LogP contribution < -0.4 is 5.73 Å². The topological polar surface area (TPSA) is 80.4 Å². The molecule has 0 atom stereocenters. The molecule has 1 saturated carbocycles. The molecule has 0 saturated heterocycles.